The first-order valence-corrected chi connectivity index (χ1v) is 21.7. The maximum atomic E-state index is 15.1. The molecule has 61 heavy (non-hydrogen) atoms. The van der Waals surface area contributed by atoms with Gasteiger partial charge in [-0.1, -0.05) is 73.5 Å². The van der Waals surface area contributed by atoms with Gasteiger partial charge in [0.25, 0.3) is 11.6 Å². The number of oxime groups is 1. The Morgan fingerprint density at radius 3 is 2.48 bits per heavy atom. The number of nitrogens with zero attached hydrogens (tertiary/aromatic N) is 3. The van der Waals surface area contributed by atoms with E-state index < -0.39 is 22.7 Å². The summed E-state index contributed by atoms with van der Waals surface area (Å²) in [5.74, 6) is -0.819. The average Bonchev–Trinajstić information content (AvgIpc) is 3.27. The van der Waals surface area contributed by atoms with E-state index in [1.54, 1.807) is 24.3 Å². The maximum Gasteiger partial charge on any atom is 0.273 e. The molecule has 0 spiro atoms. The molecule has 322 valence electrons. The highest BCUT2D eigenvalue weighted by atomic mass is 16.7. The lowest BCUT2D eigenvalue weighted by molar-refractivity contribution is -0.384. The Bertz CT molecular complexity index is 2260. The number of carbonyl (C=O) groups excluding carboxylic acids is 1. The molecule has 0 radical (unpaired) electrons. The summed E-state index contributed by atoms with van der Waals surface area (Å²) in [5, 5.41) is 38.3. The molecule has 2 N–H and O–H groups in total. The van der Waals surface area contributed by atoms with Crippen molar-refractivity contribution in [2.45, 2.75) is 83.0 Å². The van der Waals surface area contributed by atoms with Gasteiger partial charge in [-0.05, 0) is 104 Å². The van der Waals surface area contributed by atoms with Crippen molar-refractivity contribution in [2.75, 3.05) is 33.0 Å². The number of aliphatic hydroxyl groups excluding tert-OH is 2. The summed E-state index contributed by atoms with van der Waals surface area (Å²) in [7, 11) is 0. The molecule has 3 aliphatic rings. The van der Waals surface area contributed by atoms with Gasteiger partial charge in [0, 0.05) is 49.3 Å². The van der Waals surface area contributed by atoms with Crippen molar-refractivity contribution in [1.29, 1.82) is 0 Å². The van der Waals surface area contributed by atoms with Crippen LogP contribution in [-0.2, 0) is 9.57 Å². The van der Waals surface area contributed by atoms with E-state index in [1.165, 1.54) is 12.1 Å². The third-order valence-electron chi connectivity index (χ3n) is 12.3. The largest absolute Gasteiger partial charge is 0.459 e. The van der Waals surface area contributed by atoms with Crippen molar-refractivity contribution in [2.24, 2.45) is 22.9 Å². The molecule has 6 unspecified atom stereocenters. The first-order chi connectivity index (χ1) is 29.8. The van der Waals surface area contributed by atoms with E-state index in [4.69, 9.17) is 24.2 Å². The van der Waals surface area contributed by atoms with Crippen molar-refractivity contribution in [1.82, 2.24) is 4.90 Å². The van der Waals surface area contributed by atoms with Gasteiger partial charge in [-0.3, -0.25) is 14.9 Å². The van der Waals surface area contributed by atoms with Crippen molar-refractivity contribution >= 4 is 28.1 Å². The number of nitro groups is 1. The first kappa shape index (κ1) is 43.5. The molecule has 12 nitrogen and oxygen atoms in total. The van der Waals surface area contributed by atoms with E-state index in [0.29, 0.717) is 61.6 Å². The summed E-state index contributed by atoms with van der Waals surface area (Å²) in [6.07, 6.45) is 9.46. The Morgan fingerprint density at radius 1 is 0.967 bits per heavy atom. The van der Waals surface area contributed by atoms with E-state index in [1.807, 2.05) is 66.4 Å². The van der Waals surface area contributed by atoms with Gasteiger partial charge in [0.15, 0.2) is 0 Å². The van der Waals surface area contributed by atoms with Crippen LogP contribution in [-0.4, -0.2) is 76.5 Å². The summed E-state index contributed by atoms with van der Waals surface area (Å²) in [6, 6.07) is 24.9. The van der Waals surface area contributed by atoms with Crippen LogP contribution in [0.3, 0.4) is 0 Å². The summed E-state index contributed by atoms with van der Waals surface area (Å²) in [6.45, 7) is 9.06. The Hall–Kier alpha value is -5.56. The second-order valence-corrected chi connectivity index (χ2v) is 16.1. The topological polar surface area (TPSA) is 153 Å². The number of non-ortho nitro benzene ring substituents is 1. The Kier molecular flexibility index (Phi) is 14.2. The van der Waals surface area contributed by atoms with Crippen LogP contribution < -0.4 is 9.47 Å². The molecule has 12 heteroatoms. The van der Waals surface area contributed by atoms with Gasteiger partial charge in [0.1, 0.15) is 29.9 Å². The van der Waals surface area contributed by atoms with Gasteiger partial charge in [0.05, 0.1) is 29.2 Å². The van der Waals surface area contributed by atoms with Gasteiger partial charge in [-0.2, -0.15) is 0 Å². The molecule has 0 aromatic heterocycles. The molecule has 1 saturated carbocycles. The van der Waals surface area contributed by atoms with Crippen LogP contribution in [0.1, 0.15) is 87.1 Å². The number of fused-ring (bicyclic) bond motifs is 3. The normalized spacial score (nSPS) is 23.3. The fraction of sp³-hybridized carbons (Fsp3) is 0.429. The average molecular weight is 832 g/mol. The maximum absolute atomic E-state index is 15.1. The minimum atomic E-state index is -1.40. The van der Waals surface area contributed by atoms with Crippen LogP contribution in [0, 0.1) is 27.9 Å². The van der Waals surface area contributed by atoms with Crippen LogP contribution >= 0.6 is 0 Å². The molecule has 7 rings (SSSR count). The Balaban J connectivity index is 1.44. The summed E-state index contributed by atoms with van der Waals surface area (Å²) in [5.41, 5.74) is 3.03. The molecule has 6 atom stereocenters. The molecule has 4 aromatic carbocycles. The predicted octanol–water partition coefficient (Wildman–Crippen LogP) is 9.75. The SMILES string of the molecule is C=CCOC12Oc3ccc(Oc4cccc([N+](=O)[O-])c4)cc3C3C(CCCCO)C(CCCCO)C=C(C(=NOCC)CC1N(CCC)C(=O)c1ccc4ccccc4c1)C32. The lowest BCUT2D eigenvalue weighted by atomic mass is 9.55. The van der Waals surface area contributed by atoms with E-state index in [2.05, 4.69) is 19.6 Å². The zero-order valence-corrected chi connectivity index (χ0v) is 35.1. The lowest BCUT2D eigenvalue weighted by Crippen LogP contribution is -2.70. The fourth-order valence-electron chi connectivity index (χ4n) is 9.78. The number of hydrogen-bond donors (Lipinski definition) is 2. The summed E-state index contributed by atoms with van der Waals surface area (Å²) < 4.78 is 20.8. The van der Waals surface area contributed by atoms with Gasteiger partial charge < -0.3 is 34.2 Å². The van der Waals surface area contributed by atoms with Crippen molar-refractivity contribution in [3.63, 3.8) is 0 Å². The van der Waals surface area contributed by atoms with Crippen LogP contribution in [0.25, 0.3) is 10.8 Å². The third kappa shape index (κ3) is 9.07. The van der Waals surface area contributed by atoms with E-state index in [0.717, 1.165) is 53.3 Å². The quantitative estimate of drug-likeness (QED) is 0.0384. The molecule has 1 amide bonds. The van der Waals surface area contributed by atoms with E-state index >= 15 is 4.79 Å². The molecule has 1 aliphatic heterocycles. The zero-order valence-electron chi connectivity index (χ0n) is 35.1. The van der Waals surface area contributed by atoms with Gasteiger partial charge in [0.2, 0.25) is 5.79 Å². The lowest BCUT2D eigenvalue weighted by Gasteiger charge is -2.60. The number of rotatable bonds is 20. The number of ether oxygens (including phenoxy) is 3. The Morgan fingerprint density at radius 2 is 1.74 bits per heavy atom. The number of unbranched alkanes of at least 4 members (excludes halogenated alkanes) is 2. The highest BCUT2D eigenvalue weighted by molar-refractivity contribution is 6.04. The number of benzene rings is 4. The number of carbonyl (C=O) groups is 1. The minimum absolute atomic E-state index is 0.0179. The number of aliphatic hydroxyl groups is 2. The first-order valence-electron chi connectivity index (χ1n) is 21.7. The molecule has 4 aromatic rings. The monoisotopic (exact) mass is 831 g/mol. The second-order valence-electron chi connectivity index (χ2n) is 16.1. The van der Waals surface area contributed by atoms with E-state index in [9.17, 15) is 20.3 Å². The van der Waals surface area contributed by atoms with Crippen molar-refractivity contribution in [3.05, 3.63) is 130 Å². The zero-order chi connectivity index (χ0) is 42.9. The highest BCUT2D eigenvalue weighted by Crippen LogP contribution is 2.62. The predicted molar refractivity (Wildman–Crippen MR) is 235 cm³/mol. The van der Waals surface area contributed by atoms with Crippen LogP contribution in [0.15, 0.2) is 114 Å². The molecule has 0 saturated heterocycles. The number of hydrogen-bond acceptors (Lipinski definition) is 10. The summed E-state index contributed by atoms with van der Waals surface area (Å²) in [4.78, 5) is 34.1. The number of allylic oxidation sites excluding steroid dienone is 1. The fourth-order valence-corrected chi connectivity index (χ4v) is 9.78. The molecule has 1 heterocycles. The summed E-state index contributed by atoms with van der Waals surface area (Å²) >= 11 is 0. The standard InChI is InChI=1S/C49H57N3O9/c1-4-24-51(48(55)36-21-20-33-14-7-8-15-34(33)28-36)45-32-43(50-59-6-3)41-29-35(16-9-11-25-53)40(19-10-12-26-54)46-42-31-39(60-38-18-13-17-37(30-38)52(56)57)22-23-44(42)61-49(45,47(41)46)58-27-5-2/h5,7-8,13-15,17-18,20-23,28-31,35,40,45-47,53-54H,2,4,6,9-12,16,19,24-27,32H2,1,3H3. The van der Waals surface area contributed by atoms with Gasteiger partial charge in [-0.15, -0.1) is 6.58 Å². The van der Waals surface area contributed by atoms with Crippen molar-refractivity contribution in [3.8, 4) is 17.2 Å². The molecule has 1 fully saturated rings. The van der Waals surface area contributed by atoms with Crippen molar-refractivity contribution < 1.29 is 39.0 Å². The van der Waals surface area contributed by atoms with Crippen LogP contribution in [0.2, 0.25) is 0 Å². The van der Waals surface area contributed by atoms with Gasteiger partial charge >= 0.3 is 0 Å². The van der Waals surface area contributed by atoms with E-state index in [-0.39, 0.29) is 49.2 Å². The molecular formula is C49H57N3O9. The smallest absolute Gasteiger partial charge is 0.273 e. The third-order valence-corrected chi connectivity index (χ3v) is 12.3. The Labute approximate surface area is 357 Å². The number of nitro benzene ring substituents is 1. The van der Waals surface area contributed by atoms with Gasteiger partial charge in [-0.25, -0.2) is 0 Å². The van der Waals surface area contributed by atoms with Crippen LogP contribution in [0.5, 0.6) is 17.2 Å². The van der Waals surface area contributed by atoms with Crippen LogP contribution in [0.4, 0.5) is 5.69 Å². The second kappa shape index (κ2) is 19.9. The molecular weight excluding hydrogens is 775 g/mol. The number of amides is 1. The highest BCUT2D eigenvalue weighted by Gasteiger charge is 2.65. The molecule has 2 aliphatic carbocycles. The minimum Gasteiger partial charge on any atom is -0.459 e. The molecule has 0 bridgehead atoms.